The van der Waals surface area contributed by atoms with Gasteiger partial charge in [-0.1, -0.05) is 218 Å². The molecule has 0 N–H and O–H groups in total. The predicted octanol–water partition coefficient (Wildman–Crippen LogP) is 17.5. The first-order valence-electron chi connectivity index (χ1n) is 25.0. The van der Waals surface area contributed by atoms with Gasteiger partial charge < -0.3 is 4.90 Å². The van der Waals surface area contributed by atoms with E-state index in [0.717, 1.165) is 66.1 Å². The molecule has 0 amide bonds. The summed E-state index contributed by atoms with van der Waals surface area (Å²) in [6, 6.07) is 65.3. The molecule has 0 saturated carbocycles. The van der Waals surface area contributed by atoms with Crippen molar-refractivity contribution >= 4 is 38.6 Å². The Hall–Kier alpha value is -8.26. The van der Waals surface area contributed by atoms with Crippen LogP contribution in [0, 0.1) is 0 Å². The standard InChI is InChI=1S/C62H43N/c1-4-15-45(16-5-1)58-41-34-52(43-61(58)48-19-8-3-9-20-48)44-27-35-53(36-28-44)63(54-37-29-50(30-38-54)57-26-14-23-46-21-10-12-24-56(46)57)55-39-31-51(32-40-55)62-59-25-13-11-22-49(59)33-42-60(62)47-17-6-2-7-18-47/h1-43H/i27D,28D,31D,32D,35D,36D,39D,40D. The summed E-state index contributed by atoms with van der Waals surface area (Å²) in [7, 11) is 0. The van der Waals surface area contributed by atoms with Crippen LogP contribution in [0.25, 0.3) is 88.3 Å². The van der Waals surface area contributed by atoms with E-state index in [0.29, 0.717) is 16.8 Å². The van der Waals surface area contributed by atoms with Crippen LogP contribution in [0.15, 0.2) is 261 Å². The van der Waals surface area contributed by atoms with Crippen LogP contribution < -0.4 is 4.90 Å². The second-order valence-electron chi connectivity index (χ2n) is 15.4. The molecule has 296 valence electrons. The highest BCUT2D eigenvalue weighted by atomic mass is 15.1. The smallest absolute Gasteiger partial charge is 0.0645 e. The van der Waals surface area contributed by atoms with Gasteiger partial charge >= 0.3 is 0 Å². The zero-order chi connectivity index (χ0) is 48.9. The lowest BCUT2D eigenvalue weighted by Crippen LogP contribution is -2.09. The van der Waals surface area contributed by atoms with Crippen LogP contribution >= 0.6 is 0 Å². The van der Waals surface area contributed by atoms with Gasteiger partial charge in [-0.2, -0.15) is 0 Å². The normalized spacial score (nSPS) is 13.0. The molecule has 0 radical (unpaired) electrons. The molecule has 1 heteroatoms. The highest BCUT2D eigenvalue weighted by molar-refractivity contribution is 6.04. The van der Waals surface area contributed by atoms with Gasteiger partial charge in [0.1, 0.15) is 0 Å². The number of fused-ring (bicyclic) bond motifs is 2. The van der Waals surface area contributed by atoms with Crippen molar-refractivity contribution in [2.75, 3.05) is 4.90 Å². The highest BCUT2D eigenvalue weighted by Gasteiger charge is 2.17. The van der Waals surface area contributed by atoms with Crippen LogP contribution in [0.1, 0.15) is 11.0 Å². The molecule has 0 atom stereocenters. The summed E-state index contributed by atoms with van der Waals surface area (Å²) in [6.45, 7) is 0. The molecule has 11 rings (SSSR count). The van der Waals surface area contributed by atoms with E-state index in [4.69, 9.17) is 0 Å². The van der Waals surface area contributed by atoms with Crippen molar-refractivity contribution in [3.8, 4) is 66.8 Å². The lowest BCUT2D eigenvalue weighted by Gasteiger charge is -2.26. The van der Waals surface area contributed by atoms with Crippen molar-refractivity contribution in [3.63, 3.8) is 0 Å². The first kappa shape index (κ1) is 29.9. The number of benzene rings is 11. The van der Waals surface area contributed by atoms with Crippen LogP contribution in [-0.4, -0.2) is 0 Å². The SMILES string of the molecule is [2H]c1c([2H])c(N(c2ccc(-c3cccc4ccccc34)cc2)c2c([2H])c([2H])c(-c3c(-c4ccccc4)ccc4ccccc34)c([2H])c2[2H])c([2H])c([2H])c1-c1ccc(-c2ccccc2)c(-c2ccccc2)c1. The minimum Gasteiger partial charge on any atom is -0.311 e. The molecule has 0 fully saturated rings. The molecule has 63 heavy (non-hydrogen) atoms. The van der Waals surface area contributed by atoms with E-state index in [2.05, 4.69) is 6.07 Å². The third-order valence-corrected chi connectivity index (χ3v) is 11.6. The maximum atomic E-state index is 9.88. The van der Waals surface area contributed by atoms with E-state index in [1.807, 2.05) is 194 Å². The molecule has 0 aliphatic carbocycles. The Morgan fingerprint density at radius 1 is 0.254 bits per heavy atom. The molecule has 0 heterocycles. The van der Waals surface area contributed by atoms with Crippen molar-refractivity contribution in [3.05, 3.63) is 261 Å². The number of hydrogen-bond acceptors (Lipinski definition) is 1. The predicted molar refractivity (Wildman–Crippen MR) is 269 cm³/mol. The van der Waals surface area contributed by atoms with Gasteiger partial charge in [0.2, 0.25) is 0 Å². The van der Waals surface area contributed by atoms with Crippen molar-refractivity contribution in [1.29, 1.82) is 0 Å². The Labute approximate surface area is 380 Å². The first-order chi connectivity index (χ1) is 34.6. The summed E-state index contributed by atoms with van der Waals surface area (Å²) in [5.41, 5.74) is 8.24. The van der Waals surface area contributed by atoms with Crippen LogP contribution in [0.3, 0.4) is 0 Å². The molecule has 0 unspecified atom stereocenters. The van der Waals surface area contributed by atoms with Gasteiger partial charge in [-0.3, -0.25) is 0 Å². The lowest BCUT2D eigenvalue weighted by molar-refractivity contribution is 1.28. The highest BCUT2D eigenvalue weighted by Crippen LogP contribution is 2.43. The van der Waals surface area contributed by atoms with Crippen LogP contribution in [0.2, 0.25) is 0 Å². The van der Waals surface area contributed by atoms with Gasteiger partial charge in [0.15, 0.2) is 0 Å². The molecule has 0 aliphatic heterocycles. The minimum atomic E-state index is -0.408. The van der Waals surface area contributed by atoms with E-state index >= 15 is 0 Å². The van der Waals surface area contributed by atoms with Gasteiger partial charge in [0, 0.05) is 17.1 Å². The number of anilines is 3. The molecule has 0 aromatic heterocycles. The summed E-state index contributed by atoms with van der Waals surface area (Å²) in [4.78, 5) is 1.37. The van der Waals surface area contributed by atoms with Gasteiger partial charge in [-0.15, -0.1) is 0 Å². The number of rotatable bonds is 9. The average Bonchev–Trinajstić information content (AvgIpc) is 3.42. The van der Waals surface area contributed by atoms with E-state index in [9.17, 15) is 11.0 Å². The second kappa shape index (κ2) is 16.7. The Morgan fingerprint density at radius 3 is 1.35 bits per heavy atom. The third kappa shape index (κ3) is 7.37. The Bertz CT molecular complexity index is 3780. The topological polar surface area (TPSA) is 3.24 Å². The zero-order valence-corrected chi connectivity index (χ0v) is 34.2. The monoisotopic (exact) mass is 809 g/mol. The van der Waals surface area contributed by atoms with Crippen LogP contribution in [0.4, 0.5) is 17.1 Å². The quantitative estimate of drug-likeness (QED) is 0.140. The van der Waals surface area contributed by atoms with E-state index < -0.39 is 24.2 Å². The fourth-order valence-corrected chi connectivity index (χ4v) is 8.57. The average molecular weight is 810 g/mol. The number of hydrogen-bond donors (Lipinski definition) is 0. The maximum Gasteiger partial charge on any atom is 0.0645 e. The molecule has 0 spiro atoms. The largest absolute Gasteiger partial charge is 0.311 e. The van der Waals surface area contributed by atoms with Gasteiger partial charge in [-0.05, 0) is 131 Å². The fourth-order valence-electron chi connectivity index (χ4n) is 8.57. The van der Waals surface area contributed by atoms with Crippen LogP contribution in [0.5, 0.6) is 0 Å². The van der Waals surface area contributed by atoms with Gasteiger partial charge in [0.05, 0.1) is 11.0 Å². The van der Waals surface area contributed by atoms with E-state index in [-0.39, 0.29) is 46.7 Å². The second-order valence-corrected chi connectivity index (χ2v) is 15.4. The van der Waals surface area contributed by atoms with E-state index in [1.165, 1.54) is 4.90 Å². The summed E-state index contributed by atoms with van der Waals surface area (Å²) < 4.78 is 78.3. The van der Waals surface area contributed by atoms with E-state index in [1.54, 1.807) is 12.1 Å². The molecule has 11 aromatic rings. The van der Waals surface area contributed by atoms with Crippen molar-refractivity contribution in [1.82, 2.24) is 0 Å². The molecule has 0 saturated heterocycles. The van der Waals surface area contributed by atoms with Crippen molar-refractivity contribution < 1.29 is 11.0 Å². The lowest BCUT2D eigenvalue weighted by atomic mass is 9.89. The minimum absolute atomic E-state index is 0.0890. The molecule has 0 aliphatic rings. The molecular formula is C62H43N. The van der Waals surface area contributed by atoms with Gasteiger partial charge in [0.25, 0.3) is 0 Å². The fraction of sp³-hybridized carbons (Fsp3) is 0. The Balaban J connectivity index is 1.14. The number of nitrogens with zero attached hydrogens (tertiary/aromatic N) is 1. The van der Waals surface area contributed by atoms with Crippen LogP contribution in [-0.2, 0) is 0 Å². The Morgan fingerprint density at radius 2 is 0.714 bits per heavy atom. The summed E-state index contributed by atoms with van der Waals surface area (Å²) in [5.74, 6) is 0. The molecular weight excluding hydrogens is 759 g/mol. The molecule has 11 aromatic carbocycles. The summed E-state index contributed by atoms with van der Waals surface area (Å²) >= 11 is 0. The zero-order valence-electron chi connectivity index (χ0n) is 42.2. The maximum absolute atomic E-state index is 9.88. The summed E-state index contributed by atoms with van der Waals surface area (Å²) in [5, 5.41) is 3.73. The summed E-state index contributed by atoms with van der Waals surface area (Å²) in [6.07, 6.45) is 0. The van der Waals surface area contributed by atoms with Crippen molar-refractivity contribution in [2.45, 2.75) is 0 Å². The first-order valence-corrected chi connectivity index (χ1v) is 21.0. The van der Waals surface area contributed by atoms with Crippen molar-refractivity contribution in [2.24, 2.45) is 0 Å². The van der Waals surface area contributed by atoms with Gasteiger partial charge in [-0.25, -0.2) is 0 Å². The molecule has 1 nitrogen and oxygen atoms in total. The third-order valence-electron chi connectivity index (χ3n) is 11.6. The molecule has 0 bridgehead atoms. The Kier molecular flexibility index (Phi) is 7.90.